The third kappa shape index (κ3) is 3.29. The quantitative estimate of drug-likeness (QED) is 0.597. The van der Waals surface area contributed by atoms with Crippen LogP contribution in [0.25, 0.3) is 0 Å². The Labute approximate surface area is 127 Å². The van der Waals surface area contributed by atoms with E-state index in [0.717, 1.165) is 11.1 Å². The summed E-state index contributed by atoms with van der Waals surface area (Å²) >= 11 is 0. The molecule has 1 aliphatic heterocycles. The lowest BCUT2D eigenvalue weighted by molar-refractivity contribution is 0.137. The van der Waals surface area contributed by atoms with Crippen LogP contribution in [0.2, 0.25) is 0 Å². The highest BCUT2D eigenvalue weighted by molar-refractivity contribution is 5.72. The van der Waals surface area contributed by atoms with E-state index in [1.165, 1.54) is 5.48 Å². The number of benzene rings is 2. The van der Waals surface area contributed by atoms with Crippen molar-refractivity contribution in [2.75, 3.05) is 0 Å². The van der Waals surface area contributed by atoms with E-state index >= 15 is 0 Å². The van der Waals surface area contributed by atoms with Crippen LogP contribution in [0, 0.1) is 0 Å². The minimum atomic E-state index is -0.696. The lowest BCUT2D eigenvalue weighted by Gasteiger charge is -2.11. The summed E-state index contributed by atoms with van der Waals surface area (Å²) in [7, 11) is 0. The minimum absolute atomic E-state index is 0.480. The molecule has 6 heteroatoms. The highest BCUT2D eigenvalue weighted by Crippen LogP contribution is 2.32. The average Bonchev–Trinajstić information content (AvgIpc) is 2.95. The van der Waals surface area contributed by atoms with Gasteiger partial charge in [0.2, 0.25) is 0 Å². The van der Waals surface area contributed by atoms with Crippen molar-refractivity contribution >= 4 is 6.03 Å². The maximum Gasteiger partial charge on any atom is 0.341 e. The number of hydroxylamine groups is 1. The summed E-state index contributed by atoms with van der Waals surface area (Å²) in [5, 5.41) is 11.0. The van der Waals surface area contributed by atoms with Gasteiger partial charge in [0.05, 0.1) is 0 Å². The summed E-state index contributed by atoms with van der Waals surface area (Å²) in [6.07, 6.45) is 0.0494. The average molecular weight is 300 g/mol. The minimum Gasteiger partial charge on any atom is -0.489 e. The number of carbonyl (C=O) groups excluding carboxylic acids is 1. The maximum atomic E-state index is 11.1. The van der Waals surface area contributed by atoms with Gasteiger partial charge >= 0.3 is 6.03 Å². The molecule has 2 aromatic carbocycles. The first kappa shape index (κ1) is 14.2. The van der Waals surface area contributed by atoms with Crippen LogP contribution in [0.4, 0.5) is 4.79 Å². The zero-order valence-corrected chi connectivity index (χ0v) is 11.8. The summed E-state index contributed by atoms with van der Waals surface area (Å²) in [5.74, 6) is 1.38. The largest absolute Gasteiger partial charge is 0.489 e. The first-order chi connectivity index (χ1) is 10.7. The van der Waals surface area contributed by atoms with E-state index < -0.39 is 12.3 Å². The highest BCUT2D eigenvalue weighted by atomic mass is 16.5. The molecule has 1 unspecified atom stereocenters. The van der Waals surface area contributed by atoms with Crippen molar-refractivity contribution in [2.24, 2.45) is 0 Å². The Morgan fingerprint density at radius 3 is 2.86 bits per heavy atom. The molecular weight excluding hydrogens is 284 g/mol. The van der Waals surface area contributed by atoms with Gasteiger partial charge in [-0.1, -0.05) is 36.4 Å². The summed E-state index contributed by atoms with van der Waals surface area (Å²) in [6.45, 7) is 0.480. The molecule has 0 fully saturated rings. The van der Waals surface area contributed by atoms with Crippen molar-refractivity contribution in [1.82, 2.24) is 10.8 Å². The van der Waals surface area contributed by atoms with Crippen LogP contribution in [0.3, 0.4) is 0 Å². The molecular formula is C16H16N2O4. The van der Waals surface area contributed by atoms with Crippen molar-refractivity contribution in [3.8, 4) is 11.5 Å². The summed E-state index contributed by atoms with van der Waals surface area (Å²) in [5.41, 5.74) is 3.58. The zero-order chi connectivity index (χ0) is 15.4. The van der Waals surface area contributed by atoms with Crippen LogP contribution >= 0.6 is 0 Å². The third-order valence-corrected chi connectivity index (χ3v) is 3.36. The second-order valence-electron chi connectivity index (χ2n) is 4.94. The molecule has 2 aromatic rings. The first-order valence-corrected chi connectivity index (χ1v) is 6.91. The van der Waals surface area contributed by atoms with E-state index in [1.54, 1.807) is 6.07 Å². The smallest absolute Gasteiger partial charge is 0.341 e. The van der Waals surface area contributed by atoms with Crippen LogP contribution in [-0.4, -0.2) is 17.5 Å². The number of fused-ring (bicyclic) bond motifs is 1. The standard InChI is InChI=1S/C16H16N2O4/c19-16(18-20)17-15-8-12-6-7-13(9-14(12)22-15)21-10-11-4-2-1-3-5-11/h1-7,9,15,20H,8,10H2,(H2,17,18,19). The normalized spacial score (nSPS) is 15.6. The molecule has 0 radical (unpaired) electrons. The van der Waals surface area contributed by atoms with Gasteiger partial charge < -0.3 is 14.8 Å². The molecule has 2 amide bonds. The number of hydrogen-bond acceptors (Lipinski definition) is 4. The topological polar surface area (TPSA) is 79.8 Å². The van der Waals surface area contributed by atoms with E-state index in [9.17, 15) is 4.79 Å². The number of carbonyl (C=O) groups is 1. The Morgan fingerprint density at radius 1 is 1.27 bits per heavy atom. The van der Waals surface area contributed by atoms with Crippen LogP contribution < -0.4 is 20.3 Å². The van der Waals surface area contributed by atoms with Gasteiger partial charge in [0.25, 0.3) is 0 Å². The van der Waals surface area contributed by atoms with Crippen molar-refractivity contribution in [1.29, 1.82) is 0 Å². The maximum absolute atomic E-state index is 11.1. The Kier molecular flexibility index (Phi) is 4.11. The van der Waals surface area contributed by atoms with Gasteiger partial charge in [0.15, 0.2) is 6.23 Å². The van der Waals surface area contributed by atoms with Gasteiger partial charge in [-0.25, -0.2) is 10.3 Å². The second-order valence-corrected chi connectivity index (χ2v) is 4.94. The summed E-state index contributed by atoms with van der Waals surface area (Å²) in [4.78, 5) is 11.1. The lowest BCUT2D eigenvalue weighted by Crippen LogP contribution is -2.43. The van der Waals surface area contributed by atoms with Crippen LogP contribution in [0.15, 0.2) is 48.5 Å². The van der Waals surface area contributed by atoms with Crippen LogP contribution in [0.1, 0.15) is 11.1 Å². The van der Waals surface area contributed by atoms with Crippen molar-refractivity contribution in [3.05, 3.63) is 59.7 Å². The third-order valence-electron chi connectivity index (χ3n) is 3.36. The number of urea groups is 1. The molecule has 0 bridgehead atoms. The van der Waals surface area contributed by atoms with E-state index in [1.807, 2.05) is 42.5 Å². The van der Waals surface area contributed by atoms with Crippen molar-refractivity contribution in [3.63, 3.8) is 0 Å². The van der Waals surface area contributed by atoms with Crippen LogP contribution in [-0.2, 0) is 13.0 Å². The number of ether oxygens (including phenoxy) is 2. The molecule has 6 nitrogen and oxygen atoms in total. The first-order valence-electron chi connectivity index (χ1n) is 6.91. The second kappa shape index (κ2) is 6.36. The molecule has 0 spiro atoms. The number of nitrogens with one attached hydrogen (secondary N) is 2. The van der Waals surface area contributed by atoms with E-state index in [2.05, 4.69) is 5.32 Å². The molecule has 1 aliphatic rings. The number of amides is 2. The van der Waals surface area contributed by atoms with Gasteiger partial charge in [-0.15, -0.1) is 0 Å². The Bertz CT molecular complexity index is 660. The van der Waals surface area contributed by atoms with E-state index in [4.69, 9.17) is 14.7 Å². The fourth-order valence-electron chi connectivity index (χ4n) is 2.30. The van der Waals surface area contributed by atoms with Crippen molar-refractivity contribution in [2.45, 2.75) is 19.3 Å². The molecule has 3 N–H and O–H groups in total. The number of rotatable bonds is 4. The SMILES string of the molecule is O=C(NO)NC1Cc2ccc(OCc3ccccc3)cc2O1. The van der Waals surface area contributed by atoms with Crippen LogP contribution in [0.5, 0.6) is 11.5 Å². The van der Waals surface area contributed by atoms with E-state index in [0.29, 0.717) is 24.5 Å². The van der Waals surface area contributed by atoms with E-state index in [-0.39, 0.29) is 0 Å². The molecule has 22 heavy (non-hydrogen) atoms. The fraction of sp³-hybridized carbons (Fsp3) is 0.188. The van der Waals surface area contributed by atoms with Gasteiger partial charge in [-0.2, -0.15) is 0 Å². The molecule has 1 atom stereocenters. The molecule has 3 rings (SSSR count). The predicted octanol–water partition coefficient (Wildman–Crippen LogP) is 2.21. The van der Waals surface area contributed by atoms with Gasteiger partial charge in [0.1, 0.15) is 18.1 Å². The van der Waals surface area contributed by atoms with Gasteiger partial charge in [0, 0.05) is 18.1 Å². The monoisotopic (exact) mass is 300 g/mol. The Balaban J connectivity index is 1.61. The van der Waals surface area contributed by atoms with Crippen molar-refractivity contribution < 1.29 is 19.5 Å². The fourth-order valence-corrected chi connectivity index (χ4v) is 2.30. The molecule has 1 heterocycles. The zero-order valence-electron chi connectivity index (χ0n) is 11.8. The number of hydrogen-bond donors (Lipinski definition) is 3. The molecule has 0 saturated heterocycles. The Hall–Kier alpha value is -2.73. The highest BCUT2D eigenvalue weighted by Gasteiger charge is 2.24. The molecule has 0 aliphatic carbocycles. The Morgan fingerprint density at radius 2 is 2.09 bits per heavy atom. The molecule has 114 valence electrons. The summed E-state index contributed by atoms with van der Waals surface area (Å²) < 4.78 is 11.3. The molecule has 0 saturated carbocycles. The van der Waals surface area contributed by atoms with Gasteiger partial charge in [-0.05, 0) is 11.6 Å². The molecule has 0 aromatic heterocycles. The van der Waals surface area contributed by atoms with Gasteiger partial charge in [-0.3, -0.25) is 5.21 Å². The summed E-state index contributed by atoms with van der Waals surface area (Å²) in [6, 6.07) is 14.8. The predicted molar refractivity (Wildman–Crippen MR) is 78.8 cm³/mol. The lowest BCUT2D eigenvalue weighted by atomic mass is 10.1.